The van der Waals surface area contributed by atoms with Gasteiger partial charge in [0, 0.05) is 25.5 Å². The number of aryl methyl sites for hydroxylation is 2. The van der Waals surface area contributed by atoms with Gasteiger partial charge in [0.1, 0.15) is 0 Å². The third-order valence-electron chi connectivity index (χ3n) is 3.97. The highest BCUT2D eigenvalue weighted by Gasteiger charge is 2.27. The van der Waals surface area contributed by atoms with Gasteiger partial charge in [-0.25, -0.2) is 9.97 Å². The number of nitrogens with zero attached hydrogens (tertiary/aromatic N) is 5. The minimum Gasteiger partial charge on any atom is -0.368 e. The fraction of sp³-hybridized carbons (Fsp3) is 0.429. The molecule has 0 aromatic carbocycles. The van der Waals surface area contributed by atoms with Gasteiger partial charge >= 0.3 is 0 Å². The van der Waals surface area contributed by atoms with Crippen molar-refractivity contribution in [2.75, 3.05) is 12.3 Å². The Labute approximate surface area is 122 Å². The van der Waals surface area contributed by atoms with E-state index < -0.39 is 0 Å². The first-order chi connectivity index (χ1) is 9.97. The van der Waals surface area contributed by atoms with Crippen LogP contribution in [0.5, 0.6) is 0 Å². The Kier molecular flexibility index (Phi) is 3.12. The maximum absolute atomic E-state index is 12.7. The van der Waals surface area contributed by atoms with E-state index in [1.54, 1.807) is 15.8 Å². The van der Waals surface area contributed by atoms with E-state index in [9.17, 15) is 4.79 Å². The van der Waals surface area contributed by atoms with Crippen LogP contribution in [0, 0.1) is 13.8 Å². The zero-order valence-corrected chi connectivity index (χ0v) is 12.4. The van der Waals surface area contributed by atoms with Crippen molar-refractivity contribution < 1.29 is 4.79 Å². The third kappa shape index (κ3) is 2.24. The Morgan fingerprint density at radius 1 is 1.38 bits per heavy atom. The first-order valence-corrected chi connectivity index (χ1v) is 6.87. The second-order valence-corrected chi connectivity index (χ2v) is 5.35. The zero-order valence-electron chi connectivity index (χ0n) is 12.4. The lowest BCUT2D eigenvalue weighted by atomic mass is 10.1. The van der Waals surface area contributed by atoms with Crippen molar-refractivity contribution >= 4 is 11.9 Å². The van der Waals surface area contributed by atoms with Crippen molar-refractivity contribution in [3.63, 3.8) is 0 Å². The molecule has 0 aliphatic carbocycles. The van der Waals surface area contributed by atoms with E-state index in [2.05, 4.69) is 15.1 Å². The van der Waals surface area contributed by atoms with E-state index >= 15 is 0 Å². The first kappa shape index (κ1) is 13.5. The van der Waals surface area contributed by atoms with E-state index in [0.29, 0.717) is 18.7 Å². The highest BCUT2D eigenvalue weighted by molar-refractivity contribution is 5.96. The summed E-state index contributed by atoms with van der Waals surface area (Å²) in [5.74, 6) is 0.248. The number of carbonyl (C=O) groups excluding carboxylic acids is 1. The van der Waals surface area contributed by atoms with Crippen LogP contribution in [-0.2, 0) is 20.0 Å². The second kappa shape index (κ2) is 4.83. The van der Waals surface area contributed by atoms with Gasteiger partial charge in [0.2, 0.25) is 5.95 Å². The van der Waals surface area contributed by atoms with Crippen molar-refractivity contribution in [3.8, 4) is 0 Å². The van der Waals surface area contributed by atoms with Crippen LogP contribution in [0.3, 0.4) is 0 Å². The molecule has 3 heterocycles. The molecule has 0 saturated carbocycles. The van der Waals surface area contributed by atoms with Gasteiger partial charge in [0.05, 0.1) is 23.5 Å². The summed E-state index contributed by atoms with van der Waals surface area (Å²) in [7, 11) is 1.85. The van der Waals surface area contributed by atoms with Gasteiger partial charge in [-0.1, -0.05) is 0 Å². The Hall–Kier alpha value is -2.44. The molecular weight excluding hydrogens is 268 g/mol. The fourth-order valence-corrected chi connectivity index (χ4v) is 2.73. The van der Waals surface area contributed by atoms with Crippen molar-refractivity contribution in [1.82, 2.24) is 24.6 Å². The number of nitrogen functional groups attached to an aromatic ring is 1. The highest BCUT2D eigenvalue weighted by atomic mass is 16.2. The monoisotopic (exact) mass is 286 g/mol. The van der Waals surface area contributed by atoms with Crippen molar-refractivity contribution in [2.24, 2.45) is 7.05 Å². The quantitative estimate of drug-likeness (QED) is 0.829. The molecule has 21 heavy (non-hydrogen) atoms. The van der Waals surface area contributed by atoms with Crippen LogP contribution in [0.1, 0.15) is 33.0 Å². The summed E-state index contributed by atoms with van der Waals surface area (Å²) in [6.45, 7) is 4.89. The molecule has 110 valence electrons. The molecule has 2 aromatic heterocycles. The van der Waals surface area contributed by atoms with Gasteiger partial charge in [-0.2, -0.15) is 5.10 Å². The number of amides is 1. The molecule has 1 aliphatic heterocycles. The zero-order chi connectivity index (χ0) is 15.1. The van der Waals surface area contributed by atoms with Crippen molar-refractivity contribution in [1.29, 1.82) is 0 Å². The second-order valence-electron chi connectivity index (χ2n) is 5.35. The lowest BCUT2D eigenvalue weighted by Crippen LogP contribution is -2.37. The molecule has 1 aliphatic rings. The number of aromatic nitrogens is 4. The number of fused-ring (bicyclic) bond motifs is 1. The maximum Gasteiger partial charge on any atom is 0.257 e. The van der Waals surface area contributed by atoms with Crippen molar-refractivity contribution in [3.05, 3.63) is 34.4 Å². The van der Waals surface area contributed by atoms with Gasteiger partial charge in [0.15, 0.2) is 0 Å². The molecular formula is C14H18N6O. The predicted octanol–water partition coefficient (Wildman–Crippen LogP) is 0.608. The van der Waals surface area contributed by atoms with Gasteiger partial charge in [-0.3, -0.25) is 9.48 Å². The highest BCUT2D eigenvalue weighted by Crippen LogP contribution is 2.21. The average molecular weight is 286 g/mol. The molecule has 0 atom stereocenters. The van der Waals surface area contributed by atoms with E-state index in [1.165, 1.54) is 0 Å². The molecule has 0 bridgehead atoms. The van der Waals surface area contributed by atoms with Crippen LogP contribution in [-0.4, -0.2) is 37.1 Å². The van der Waals surface area contributed by atoms with E-state index in [-0.39, 0.29) is 11.9 Å². The maximum atomic E-state index is 12.7. The molecule has 1 amide bonds. The average Bonchev–Trinajstić information content (AvgIpc) is 2.70. The molecule has 0 radical (unpaired) electrons. The summed E-state index contributed by atoms with van der Waals surface area (Å²) >= 11 is 0. The Balaban J connectivity index is 1.90. The summed E-state index contributed by atoms with van der Waals surface area (Å²) in [5, 5.41) is 4.31. The van der Waals surface area contributed by atoms with E-state index in [4.69, 9.17) is 5.73 Å². The standard InChI is InChI=1S/C14H18N6O/c1-8-12(9(2)19(3)18-8)13(21)20-5-4-10-6-16-14(15)17-11(10)7-20/h6H,4-5,7H2,1-3H3,(H2,15,16,17). The SMILES string of the molecule is Cc1nn(C)c(C)c1C(=O)N1CCc2cnc(N)nc2C1. The Morgan fingerprint density at radius 3 is 2.81 bits per heavy atom. The Morgan fingerprint density at radius 2 is 2.14 bits per heavy atom. The number of anilines is 1. The molecule has 2 aromatic rings. The predicted molar refractivity (Wildman–Crippen MR) is 77.6 cm³/mol. The van der Waals surface area contributed by atoms with Crippen LogP contribution < -0.4 is 5.73 Å². The number of hydrogen-bond donors (Lipinski definition) is 1. The lowest BCUT2D eigenvalue weighted by molar-refractivity contribution is 0.0730. The summed E-state index contributed by atoms with van der Waals surface area (Å²) in [4.78, 5) is 22.8. The number of rotatable bonds is 1. The summed E-state index contributed by atoms with van der Waals surface area (Å²) in [6, 6.07) is 0. The molecule has 0 saturated heterocycles. The molecule has 3 rings (SSSR count). The molecule has 7 nitrogen and oxygen atoms in total. The first-order valence-electron chi connectivity index (χ1n) is 6.87. The minimum absolute atomic E-state index is 0.000865. The molecule has 7 heteroatoms. The normalized spacial score (nSPS) is 14.1. The van der Waals surface area contributed by atoms with Gasteiger partial charge in [0.25, 0.3) is 5.91 Å². The number of nitrogens with two attached hydrogens (primary N) is 1. The summed E-state index contributed by atoms with van der Waals surface area (Å²) < 4.78 is 1.74. The van der Waals surface area contributed by atoms with Gasteiger partial charge in [-0.05, 0) is 25.8 Å². The van der Waals surface area contributed by atoms with Crippen LogP contribution >= 0.6 is 0 Å². The molecule has 0 spiro atoms. The third-order valence-corrected chi connectivity index (χ3v) is 3.97. The minimum atomic E-state index is 0.000865. The summed E-state index contributed by atoms with van der Waals surface area (Å²) in [5.41, 5.74) is 9.85. The molecule has 2 N–H and O–H groups in total. The van der Waals surface area contributed by atoms with E-state index in [0.717, 1.165) is 29.1 Å². The van der Waals surface area contributed by atoms with Crippen LogP contribution in [0.15, 0.2) is 6.20 Å². The van der Waals surface area contributed by atoms with Crippen LogP contribution in [0.2, 0.25) is 0 Å². The fourth-order valence-electron chi connectivity index (χ4n) is 2.73. The topological polar surface area (TPSA) is 89.9 Å². The number of carbonyl (C=O) groups is 1. The molecule has 0 unspecified atom stereocenters. The van der Waals surface area contributed by atoms with Gasteiger partial charge in [-0.15, -0.1) is 0 Å². The molecule has 0 fully saturated rings. The summed E-state index contributed by atoms with van der Waals surface area (Å²) in [6.07, 6.45) is 2.50. The van der Waals surface area contributed by atoms with E-state index in [1.807, 2.05) is 20.9 Å². The number of hydrogen-bond acceptors (Lipinski definition) is 5. The van der Waals surface area contributed by atoms with Crippen LogP contribution in [0.25, 0.3) is 0 Å². The smallest absolute Gasteiger partial charge is 0.257 e. The Bertz CT molecular complexity index is 720. The van der Waals surface area contributed by atoms with Crippen molar-refractivity contribution in [2.45, 2.75) is 26.8 Å². The van der Waals surface area contributed by atoms with Gasteiger partial charge < -0.3 is 10.6 Å². The lowest BCUT2D eigenvalue weighted by Gasteiger charge is -2.28. The van der Waals surface area contributed by atoms with Crippen LogP contribution in [0.4, 0.5) is 5.95 Å². The largest absolute Gasteiger partial charge is 0.368 e.